The fourth-order valence-corrected chi connectivity index (χ4v) is 4.34. The molecular formula is C15H27O3P. The average Bonchev–Trinajstić information content (AvgIpc) is 2.90. The smallest absolute Gasteiger partial charge is 0.306 e. The van der Waals surface area contributed by atoms with Crippen molar-refractivity contribution in [1.29, 1.82) is 0 Å². The molecule has 19 heavy (non-hydrogen) atoms. The van der Waals surface area contributed by atoms with E-state index in [0.717, 1.165) is 31.3 Å². The minimum Gasteiger partial charge on any atom is -0.462 e. The van der Waals surface area contributed by atoms with Crippen LogP contribution in [-0.2, 0) is 14.3 Å². The summed E-state index contributed by atoms with van der Waals surface area (Å²) in [6.45, 7) is 2.26. The predicted octanol–water partition coefficient (Wildman–Crippen LogP) is 3.02. The van der Waals surface area contributed by atoms with Crippen molar-refractivity contribution in [3.05, 3.63) is 0 Å². The largest absolute Gasteiger partial charge is 0.462 e. The molecule has 1 aliphatic heterocycles. The number of methoxy groups -OCH3 is 1. The maximum Gasteiger partial charge on any atom is 0.306 e. The highest BCUT2D eigenvalue weighted by Gasteiger charge is 2.48. The van der Waals surface area contributed by atoms with Crippen LogP contribution in [0.3, 0.4) is 0 Å². The van der Waals surface area contributed by atoms with E-state index in [-0.39, 0.29) is 12.1 Å². The van der Waals surface area contributed by atoms with Crippen LogP contribution in [-0.4, -0.2) is 31.4 Å². The fourth-order valence-electron chi connectivity index (χ4n) is 3.96. The minimum absolute atomic E-state index is 0.0165. The molecule has 1 heterocycles. The average molecular weight is 286 g/mol. The summed E-state index contributed by atoms with van der Waals surface area (Å²) in [7, 11) is 4.58. The maximum absolute atomic E-state index is 11.4. The van der Waals surface area contributed by atoms with Crippen molar-refractivity contribution < 1.29 is 14.3 Å². The Labute approximate surface area is 119 Å². The van der Waals surface area contributed by atoms with E-state index in [2.05, 4.69) is 16.2 Å². The third-order valence-corrected chi connectivity index (χ3v) is 5.35. The molecule has 2 aliphatic rings. The second-order valence-corrected chi connectivity index (χ2v) is 6.55. The van der Waals surface area contributed by atoms with E-state index in [1.807, 2.05) is 7.11 Å². The number of ether oxygens (including phenoxy) is 2. The van der Waals surface area contributed by atoms with Gasteiger partial charge < -0.3 is 9.47 Å². The molecule has 0 N–H and O–H groups in total. The first kappa shape index (κ1) is 15.3. The lowest BCUT2D eigenvalue weighted by atomic mass is 9.82. The topological polar surface area (TPSA) is 35.5 Å². The number of carbonyl (C=O) groups excluding carboxylic acids is 1. The maximum atomic E-state index is 11.4. The third kappa shape index (κ3) is 3.49. The van der Waals surface area contributed by atoms with Gasteiger partial charge in [-0.1, -0.05) is 13.3 Å². The van der Waals surface area contributed by atoms with Gasteiger partial charge in [0.2, 0.25) is 0 Å². The summed E-state index contributed by atoms with van der Waals surface area (Å²) >= 11 is 0. The first-order valence-electron chi connectivity index (χ1n) is 7.61. The molecule has 0 bridgehead atoms. The van der Waals surface area contributed by atoms with Crippen LogP contribution in [0.2, 0.25) is 0 Å². The summed E-state index contributed by atoms with van der Waals surface area (Å²) in [5.41, 5.74) is 0. The van der Waals surface area contributed by atoms with Crippen LogP contribution in [0, 0.1) is 17.8 Å². The number of fused-ring (bicyclic) bond motifs is 1. The van der Waals surface area contributed by atoms with Crippen molar-refractivity contribution in [1.82, 2.24) is 0 Å². The van der Waals surface area contributed by atoms with Gasteiger partial charge in [-0.3, -0.25) is 4.79 Å². The standard InChI is InChI=1S/C15H27O3P/c1-3-10-8-14-13(9-15(16)18-14)12(10)5-4-11(17-2)6-7-19/h10-14H,3-9,19H2,1-2H3. The number of hydrogen-bond donors (Lipinski definition) is 0. The van der Waals surface area contributed by atoms with Gasteiger partial charge in [0.05, 0.1) is 12.5 Å². The molecule has 1 aliphatic carbocycles. The zero-order valence-corrected chi connectivity index (χ0v) is 13.3. The molecule has 0 spiro atoms. The first-order chi connectivity index (χ1) is 9.19. The molecule has 1 saturated carbocycles. The van der Waals surface area contributed by atoms with Gasteiger partial charge in [-0.2, -0.15) is 0 Å². The number of rotatable bonds is 7. The Bertz CT molecular complexity index is 308. The Morgan fingerprint density at radius 1 is 1.47 bits per heavy atom. The lowest BCUT2D eigenvalue weighted by Crippen LogP contribution is -2.20. The predicted molar refractivity (Wildman–Crippen MR) is 79.1 cm³/mol. The molecule has 0 aromatic rings. The molecule has 2 rings (SSSR count). The summed E-state index contributed by atoms with van der Waals surface area (Å²) in [4.78, 5) is 11.4. The fraction of sp³-hybridized carbons (Fsp3) is 0.933. The van der Waals surface area contributed by atoms with Crippen molar-refractivity contribution >= 4 is 15.2 Å². The number of esters is 1. The van der Waals surface area contributed by atoms with Gasteiger partial charge in [-0.05, 0) is 43.7 Å². The normalized spacial score (nSPS) is 35.2. The minimum atomic E-state index is 0.0165. The van der Waals surface area contributed by atoms with Crippen LogP contribution in [0.4, 0.5) is 0 Å². The first-order valence-corrected chi connectivity index (χ1v) is 8.43. The Hall–Kier alpha value is -0.140. The van der Waals surface area contributed by atoms with E-state index in [1.54, 1.807) is 0 Å². The second kappa shape index (κ2) is 7.04. The van der Waals surface area contributed by atoms with Crippen LogP contribution in [0.5, 0.6) is 0 Å². The highest BCUT2D eigenvalue weighted by molar-refractivity contribution is 7.16. The zero-order valence-electron chi connectivity index (χ0n) is 12.1. The highest BCUT2D eigenvalue weighted by Crippen LogP contribution is 2.48. The van der Waals surface area contributed by atoms with E-state index in [9.17, 15) is 4.79 Å². The molecule has 0 amide bonds. The Morgan fingerprint density at radius 3 is 2.89 bits per heavy atom. The molecule has 1 saturated heterocycles. The van der Waals surface area contributed by atoms with Crippen molar-refractivity contribution in [3.8, 4) is 0 Å². The van der Waals surface area contributed by atoms with Gasteiger partial charge in [0.25, 0.3) is 0 Å². The van der Waals surface area contributed by atoms with Gasteiger partial charge in [0, 0.05) is 13.0 Å². The van der Waals surface area contributed by atoms with Crippen molar-refractivity contribution in [2.75, 3.05) is 13.3 Å². The molecule has 3 nitrogen and oxygen atoms in total. The van der Waals surface area contributed by atoms with Gasteiger partial charge in [-0.25, -0.2) is 0 Å². The molecule has 6 atom stereocenters. The lowest BCUT2D eigenvalue weighted by molar-refractivity contribution is -0.141. The van der Waals surface area contributed by atoms with Crippen LogP contribution in [0.15, 0.2) is 0 Å². The molecule has 4 heteroatoms. The van der Waals surface area contributed by atoms with E-state index < -0.39 is 0 Å². The van der Waals surface area contributed by atoms with Crippen molar-refractivity contribution in [2.24, 2.45) is 17.8 Å². The molecular weight excluding hydrogens is 259 g/mol. The molecule has 0 radical (unpaired) electrons. The van der Waals surface area contributed by atoms with E-state index in [4.69, 9.17) is 9.47 Å². The van der Waals surface area contributed by atoms with Crippen LogP contribution in [0.1, 0.15) is 45.4 Å². The van der Waals surface area contributed by atoms with Crippen molar-refractivity contribution in [3.63, 3.8) is 0 Å². The van der Waals surface area contributed by atoms with Crippen LogP contribution in [0.25, 0.3) is 0 Å². The van der Waals surface area contributed by atoms with Gasteiger partial charge in [0.1, 0.15) is 6.10 Å². The van der Waals surface area contributed by atoms with E-state index in [1.165, 1.54) is 12.8 Å². The van der Waals surface area contributed by atoms with Crippen LogP contribution >= 0.6 is 9.24 Å². The van der Waals surface area contributed by atoms with Crippen molar-refractivity contribution in [2.45, 2.75) is 57.7 Å². The summed E-state index contributed by atoms with van der Waals surface area (Å²) < 4.78 is 11.0. The summed E-state index contributed by atoms with van der Waals surface area (Å²) in [5.74, 6) is 1.88. The van der Waals surface area contributed by atoms with Gasteiger partial charge in [0.15, 0.2) is 0 Å². The summed E-state index contributed by atoms with van der Waals surface area (Å²) in [6.07, 6.45) is 8.01. The van der Waals surface area contributed by atoms with Gasteiger partial charge in [-0.15, -0.1) is 9.24 Å². The third-order valence-electron chi connectivity index (χ3n) is 5.02. The monoisotopic (exact) mass is 286 g/mol. The second-order valence-electron chi connectivity index (χ2n) is 5.98. The number of carbonyl (C=O) groups is 1. The highest BCUT2D eigenvalue weighted by atomic mass is 31.0. The van der Waals surface area contributed by atoms with Crippen LogP contribution < -0.4 is 0 Å². The molecule has 2 fully saturated rings. The summed E-state index contributed by atoms with van der Waals surface area (Å²) in [6, 6.07) is 0. The lowest BCUT2D eigenvalue weighted by Gasteiger charge is -2.24. The zero-order chi connectivity index (χ0) is 13.8. The number of hydrogen-bond acceptors (Lipinski definition) is 3. The quantitative estimate of drug-likeness (QED) is 0.533. The summed E-state index contributed by atoms with van der Waals surface area (Å²) in [5, 5.41) is 0. The Morgan fingerprint density at radius 2 is 2.26 bits per heavy atom. The SMILES string of the molecule is CCC1CC2OC(=O)CC2C1CCC(CCP)OC. The molecule has 0 aromatic carbocycles. The molecule has 110 valence electrons. The Balaban J connectivity index is 1.90. The Kier molecular flexibility index (Phi) is 5.65. The molecule has 0 aromatic heterocycles. The molecule has 6 unspecified atom stereocenters. The van der Waals surface area contributed by atoms with E-state index >= 15 is 0 Å². The van der Waals surface area contributed by atoms with Gasteiger partial charge >= 0.3 is 5.97 Å². The van der Waals surface area contributed by atoms with E-state index in [0.29, 0.717) is 24.4 Å².